The molecule has 0 saturated heterocycles. The Morgan fingerprint density at radius 3 is 2.60 bits per heavy atom. The highest BCUT2D eigenvalue weighted by Crippen LogP contribution is 2.38. The van der Waals surface area contributed by atoms with Gasteiger partial charge in [-0.1, -0.05) is 41.4 Å². The Balaban J connectivity index is 1.49. The molecule has 0 spiro atoms. The molecule has 1 aliphatic rings. The quantitative estimate of drug-likeness (QED) is 0.409. The maximum atomic E-state index is 13.9. The summed E-state index contributed by atoms with van der Waals surface area (Å²) in [6.45, 7) is 1.76. The third-order valence-corrected chi connectivity index (χ3v) is 6.50. The molecule has 8 heteroatoms. The lowest BCUT2D eigenvalue weighted by atomic mass is 9.91. The lowest BCUT2D eigenvalue weighted by Gasteiger charge is -2.24. The molecule has 182 valence electrons. The van der Waals surface area contributed by atoms with E-state index in [0.717, 1.165) is 16.7 Å². The molecule has 3 aromatic carbocycles. The van der Waals surface area contributed by atoms with E-state index < -0.39 is 23.9 Å². The van der Waals surface area contributed by atoms with Gasteiger partial charge in [-0.3, -0.25) is 9.59 Å². The molecule has 5 nitrogen and oxygen atoms in total. The average Bonchev–Trinajstić information content (AvgIpc) is 3.13. The molecule has 1 aliphatic heterocycles. The Labute approximate surface area is 213 Å². The summed E-state index contributed by atoms with van der Waals surface area (Å²) in [5.74, 6) is -1.28. The molecule has 0 aliphatic carbocycles. The minimum absolute atomic E-state index is 0.0685. The van der Waals surface area contributed by atoms with Gasteiger partial charge in [0.15, 0.2) is 0 Å². The van der Waals surface area contributed by atoms with Crippen LogP contribution in [0.4, 0.5) is 4.39 Å². The van der Waals surface area contributed by atoms with Crippen molar-refractivity contribution in [2.45, 2.75) is 31.8 Å². The lowest BCUT2D eigenvalue weighted by Crippen LogP contribution is -2.37. The fourth-order valence-corrected chi connectivity index (χ4v) is 4.72. The first-order valence-electron chi connectivity index (χ1n) is 11.1. The van der Waals surface area contributed by atoms with Crippen LogP contribution in [0.5, 0.6) is 5.75 Å². The van der Waals surface area contributed by atoms with Crippen molar-refractivity contribution in [3.8, 4) is 5.75 Å². The number of carboxylic acid groups (broad SMARTS) is 1. The van der Waals surface area contributed by atoms with E-state index in [9.17, 15) is 19.1 Å². The van der Waals surface area contributed by atoms with Gasteiger partial charge in [-0.05, 0) is 72.5 Å². The number of hydrogen-bond donors (Lipinski definition) is 1. The molecule has 0 unspecified atom stereocenters. The second-order valence-corrected chi connectivity index (χ2v) is 9.82. The van der Waals surface area contributed by atoms with Crippen LogP contribution < -0.4 is 4.74 Å². The van der Waals surface area contributed by atoms with Crippen LogP contribution in [0.15, 0.2) is 60.7 Å². The van der Waals surface area contributed by atoms with Crippen LogP contribution in [0.25, 0.3) is 0 Å². The van der Waals surface area contributed by atoms with Crippen molar-refractivity contribution >= 4 is 35.1 Å². The Morgan fingerprint density at radius 2 is 1.89 bits per heavy atom. The van der Waals surface area contributed by atoms with Crippen LogP contribution >= 0.6 is 23.2 Å². The van der Waals surface area contributed by atoms with E-state index in [2.05, 4.69) is 0 Å². The van der Waals surface area contributed by atoms with Gasteiger partial charge in [0.25, 0.3) is 5.91 Å². The van der Waals surface area contributed by atoms with Crippen LogP contribution in [-0.4, -0.2) is 40.6 Å². The van der Waals surface area contributed by atoms with E-state index in [-0.39, 0.29) is 17.5 Å². The summed E-state index contributed by atoms with van der Waals surface area (Å²) in [4.78, 5) is 26.0. The summed E-state index contributed by atoms with van der Waals surface area (Å²) in [5, 5.41) is 10.0. The largest absolute Gasteiger partial charge is 0.487 e. The maximum absolute atomic E-state index is 13.9. The number of ether oxygens (including phenoxy) is 1. The zero-order valence-electron chi connectivity index (χ0n) is 19.1. The topological polar surface area (TPSA) is 66.8 Å². The SMILES string of the molecule is C[C@@]1(Cc2ccc(Cl)c(F)c2)Cc2cc(C(=O)N(CCc3cccc(Cl)c3)CC(=O)O)ccc2O1. The molecule has 3 aromatic rings. The number of fused-ring (bicyclic) bond motifs is 1. The summed E-state index contributed by atoms with van der Waals surface area (Å²) in [6, 6.07) is 17.1. The van der Waals surface area contributed by atoms with E-state index in [1.807, 2.05) is 19.1 Å². The third kappa shape index (κ3) is 6.13. The van der Waals surface area contributed by atoms with Crippen molar-refractivity contribution in [2.24, 2.45) is 0 Å². The predicted molar refractivity (Wildman–Crippen MR) is 133 cm³/mol. The number of amides is 1. The Kier molecular flexibility index (Phi) is 7.33. The first kappa shape index (κ1) is 25.0. The van der Waals surface area contributed by atoms with Gasteiger partial charge >= 0.3 is 5.97 Å². The molecule has 0 aromatic heterocycles. The van der Waals surface area contributed by atoms with E-state index in [4.69, 9.17) is 27.9 Å². The molecule has 1 N–H and O–H groups in total. The molecule has 35 heavy (non-hydrogen) atoms. The number of carbonyl (C=O) groups is 2. The van der Waals surface area contributed by atoms with Crippen LogP contribution in [0, 0.1) is 5.82 Å². The second kappa shape index (κ2) is 10.3. The zero-order valence-corrected chi connectivity index (χ0v) is 20.6. The molecule has 1 amide bonds. The Hall–Kier alpha value is -3.09. The molecular weight excluding hydrogens is 492 g/mol. The second-order valence-electron chi connectivity index (χ2n) is 8.98. The monoisotopic (exact) mass is 515 g/mol. The number of carbonyl (C=O) groups excluding carboxylic acids is 1. The number of halogens is 3. The zero-order chi connectivity index (χ0) is 25.2. The standard InChI is InChI=1S/C27H24Cl2FNO4/c1-27(14-18-5-7-22(29)23(30)12-18)15-20-13-19(6-8-24(20)35-27)26(34)31(16-25(32)33)10-9-17-3-2-4-21(28)11-17/h2-8,11-13H,9-10,14-16H2,1H3,(H,32,33)/t27-/m1/s1. The first-order valence-corrected chi connectivity index (χ1v) is 11.9. The van der Waals surface area contributed by atoms with Gasteiger partial charge in [0.05, 0.1) is 5.02 Å². The smallest absolute Gasteiger partial charge is 0.323 e. The minimum Gasteiger partial charge on any atom is -0.487 e. The van der Waals surface area contributed by atoms with Gasteiger partial charge in [0.1, 0.15) is 23.7 Å². The van der Waals surface area contributed by atoms with Crippen molar-refractivity contribution in [1.29, 1.82) is 0 Å². The van der Waals surface area contributed by atoms with Gasteiger partial charge in [0.2, 0.25) is 0 Å². The van der Waals surface area contributed by atoms with Crippen LogP contribution in [0.1, 0.15) is 34.0 Å². The molecule has 0 saturated carbocycles. The van der Waals surface area contributed by atoms with Crippen molar-refractivity contribution in [2.75, 3.05) is 13.1 Å². The predicted octanol–water partition coefficient (Wildman–Crippen LogP) is 5.84. The van der Waals surface area contributed by atoms with Crippen molar-refractivity contribution in [3.05, 3.63) is 98.8 Å². The molecule has 0 radical (unpaired) electrons. The van der Waals surface area contributed by atoms with Gasteiger partial charge in [-0.25, -0.2) is 4.39 Å². The van der Waals surface area contributed by atoms with Gasteiger partial charge in [-0.2, -0.15) is 0 Å². The Morgan fingerprint density at radius 1 is 1.09 bits per heavy atom. The first-order chi connectivity index (χ1) is 16.6. The summed E-state index contributed by atoms with van der Waals surface area (Å²) in [7, 11) is 0. The Bertz CT molecular complexity index is 1280. The highest BCUT2D eigenvalue weighted by molar-refractivity contribution is 6.31. The molecule has 1 heterocycles. The van der Waals surface area contributed by atoms with Gasteiger partial charge in [-0.15, -0.1) is 0 Å². The summed E-state index contributed by atoms with van der Waals surface area (Å²) >= 11 is 11.8. The van der Waals surface area contributed by atoms with Crippen molar-refractivity contribution in [1.82, 2.24) is 4.90 Å². The molecular formula is C27H24Cl2FNO4. The fraction of sp³-hybridized carbons (Fsp3) is 0.259. The molecule has 1 atom stereocenters. The lowest BCUT2D eigenvalue weighted by molar-refractivity contribution is -0.137. The molecule has 0 fully saturated rings. The van der Waals surface area contributed by atoms with E-state index in [0.29, 0.717) is 35.6 Å². The summed E-state index contributed by atoms with van der Waals surface area (Å²) in [6.07, 6.45) is 1.46. The number of hydrogen-bond acceptors (Lipinski definition) is 3. The van der Waals surface area contributed by atoms with Crippen LogP contribution in [-0.2, 0) is 24.1 Å². The van der Waals surface area contributed by atoms with Gasteiger partial charge in [0, 0.05) is 30.0 Å². The summed E-state index contributed by atoms with van der Waals surface area (Å²) < 4.78 is 20.0. The van der Waals surface area contributed by atoms with Crippen LogP contribution in [0.2, 0.25) is 10.0 Å². The molecule has 4 rings (SSSR count). The number of nitrogens with zero attached hydrogens (tertiary/aromatic N) is 1. The maximum Gasteiger partial charge on any atom is 0.323 e. The summed E-state index contributed by atoms with van der Waals surface area (Å²) in [5.41, 5.74) is 2.29. The normalized spacial score (nSPS) is 16.5. The third-order valence-electron chi connectivity index (χ3n) is 5.96. The number of rotatable bonds is 8. The van der Waals surface area contributed by atoms with Crippen molar-refractivity contribution in [3.63, 3.8) is 0 Å². The molecule has 0 bridgehead atoms. The van der Waals surface area contributed by atoms with E-state index in [1.54, 1.807) is 36.4 Å². The van der Waals surface area contributed by atoms with E-state index >= 15 is 0 Å². The van der Waals surface area contributed by atoms with Gasteiger partial charge < -0.3 is 14.7 Å². The number of benzene rings is 3. The fourth-order valence-electron chi connectivity index (χ4n) is 4.39. The number of carboxylic acids is 1. The minimum atomic E-state index is -1.09. The number of aliphatic carboxylic acids is 1. The van der Waals surface area contributed by atoms with Crippen LogP contribution in [0.3, 0.4) is 0 Å². The average molecular weight is 516 g/mol. The highest BCUT2D eigenvalue weighted by atomic mass is 35.5. The van der Waals surface area contributed by atoms with E-state index in [1.165, 1.54) is 17.0 Å². The van der Waals surface area contributed by atoms with Crippen molar-refractivity contribution < 1.29 is 23.8 Å². The highest BCUT2D eigenvalue weighted by Gasteiger charge is 2.36.